The lowest BCUT2D eigenvalue weighted by atomic mass is 9.77. The Morgan fingerprint density at radius 2 is 1.43 bits per heavy atom. The molecular weight excluding hydrogens is 498 g/mol. The Morgan fingerprint density at radius 1 is 0.811 bits per heavy atom. The van der Waals surface area contributed by atoms with Crippen molar-refractivity contribution in [3.63, 3.8) is 0 Å². The zero-order valence-corrected chi connectivity index (χ0v) is 20.5. The number of nitrogens with zero attached hydrogens (tertiary/aromatic N) is 1. The molecule has 3 aromatic rings. The van der Waals surface area contributed by atoms with Gasteiger partial charge in [0.15, 0.2) is 11.5 Å². The smallest absolute Gasteiger partial charge is 0.241 e. The molecular formula is C28H20ClNO7. The number of rotatable bonds is 4. The third kappa shape index (κ3) is 3.06. The van der Waals surface area contributed by atoms with Crippen molar-refractivity contribution in [2.75, 3.05) is 19.1 Å². The molecule has 3 aromatic carbocycles. The van der Waals surface area contributed by atoms with Crippen LogP contribution in [0.3, 0.4) is 0 Å². The van der Waals surface area contributed by atoms with Crippen molar-refractivity contribution in [1.29, 1.82) is 0 Å². The lowest BCUT2D eigenvalue weighted by Crippen LogP contribution is -2.51. The van der Waals surface area contributed by atoms with Crippen LogP contribution < -0.4 is 14.4 Å². The minimum atomic E-state index is -2.15. The lowest BCUT2D eigenvalue weighted by molar-refractivity contribution is -0.127. The van der Waals surface area contributed by atoms with E-state index in [1.807, 2.05) is 0 Å². The summed E-state index contributed by atoms with van der Waals surface area (Å²) in [5.41, 5.74) is -1.04. The van der Waals surface area contributed by atoms with E-state index in [9.17, 15) is 19.2 Å². The van der Waals surface area contributed by atoms with E-state index in [0.717, 1.165) is 4.90 Å². The van der Waals surface area contributed by atoms with Crippen LogP contribution in [0.25, 0.3) is 0 Å². The van der Waals surface area contributed by atoms with Gasteiger partial charge < -0.3 is 14.2 Å². The zero-order chi connectivity index (χ0) is 26.1. The van der Waals surface area contributed by atoms with Gasteiger partial charge in [-0.3, -0.25) is 19.2 Å². The maximum atomic E-state index is 13.9. The molecule has 1 aliphatic carbocycles. The minimum absolute atomic E-state index is 0.171. The highest BCUT2D eigenvalue weighted by Crippen LogP contribution is 2.58. The van der Waals surface area contributed by atoms with Crippen LogP contribution in [0.4, 0.5) is 5.69 Å². The van der Waals surface area contributed by atoms with Crippen molar-refractivity contribution >= 4 is 40.7 Å². The van der Waals surface area contributed by atoms with Crippen molar-refractivity contribution in [1.82, 2.24) is 0 Å². The van der Waals surface area contributed by atoms with E-state index in [1.54, 1.807) is 54.6 Å². The predicted molar refractivity (Wildman–Crippen MR) is 132 cm³/mol. The van der Waals surface area contributed by atoms with Crippen molar-refractivity contribution in [2.45, 2.75) is 11.7 Å². The lowest BCUT2D eigenvalue weighted by Gasteiger charge is -2.27. The van der Waals surface area contributed by atoms with Gasteiger partial charge in [-0.2, -0.15) is 0 Å². The molecule has 3 atom stereocenters. The number of anilines is 1. The van der Waals surface area contributed by atoms with Gasteiger partial charge in [0.05, 0.1) is 37.8 Å². The van der Waals surface area contributed by atoms with Gasteiger partial charge in [0.25, 0.3) is 0 Å². The Balaban J connectivity index is 1.54. The molecule has 3 aliphatic rings. The van der Waals surface area contributed by atoms with Crippen molar-refractivity contribution < 1.29 is 33.4 Å². The number of ether oxygens (including phenoxy) is 3. The standard InChI is InChI=1S/C28H20ClNO7/c1-35-19-12-7-14(13-20(19)36-2)23-21-22(27(34)30(26(21)33)16-10-8-15(29)9-11-16)28(37-23)24(31)17-5-3-4-6-18(17)25(28)32/h3-13,21-23H,1-2H3/t21-,22-,23+/m0/s1. The predicted octanol–water partition coefficient (Wildman–Crippen LogP) is 4.05. The molecule has 0 unspecified atom stereocenters. The van der Waals surface area contributed by atoms with E-state index < -0.39 is 46.9 Å². The number of Topliss-reactive ketones (excluding diaryl/α,β-unsaturated/α-hetero) is 2. The number of carbonyl (C=O) groups is 4. The number of benzene rings is 3. The summed E-state index contributed by atoms with van der Waals surface area (Å²) in [5, 5.41) is 0.433. The van der Waals surface area contributed by atoms with E-state index >= 15 is 0 Å². The molecule has 186 valence electrons. The number of methoxy groups -OCH3 is 2. The number of halogens is 1. The van der Waals surface area contributed by atoms with Gasteiger partial charge in [-0.05, 0) is 42.0 Å². The Bertz CT molecular complexity index is 1460. The summed E-state index contributed by atoms with van der Waals surface area (Å²) < 4.78 is 17.0. The van der Waals surface area contributed by atoms with Gasteiger partial charge in [0, 0.05) is 16.1 Å². The van der Waals surface area contributed by atoms with Crippen LogP contribution in [0, 0.1) is 11.8 Å². The monoisotopic (exact) mass is 517 g/mol. The van der Waals surface area contributed by atoms with Crippen molar-refractivity contribution in [3.8, 4) is 11.5 Å². The molecule has 8 nitrogen and oxygen atoms in total. The largest absolute Gasteiger partial charge is 0.493 e. The molecule has 37 heavy (non-hydrogen) atoms. The summed E-state index contributed by atoms with van der Waals surface area (Å²) in [4.78, 5) is 56.5. The van der Waals surface area contributed by atoms with E-state index in [4.69, 9.17) is 25.8 Å². The molecule has 1 spiro atoms. The maximum absolute atomic E-state index is 13.9. The SMILES string of the molecule is COc1ccc([C@H]2OC3(C(=O)c4ccccc4C3=O)[C@@H]3C(=O)N(c4ccc(Cl)cc4)C(=O)[C@H]23)cc1OC. The fourth-order valence-corrected chi connectivity index (χ4v) is 5.82. The van der Waals surface area contributed by atoms with E-state index in [0.29, 0.717) is 27.8 Å². The third-order valence-electron chi connectivity index (χ3n) is 7.34. The first-order valence-electron chi connectivity index (χ1n) is 11.5. The number of imide groups is 1. The first-order chi connectivity index (χ1) is 17.8. The zero-order valence-electron chi connectivity index (χ0n) is 19.8. The van der Waals surface area contributed by atoms with E-state index in [1.165, 1.54) is 26.4 Å². The molecule has 0 saturated carbocycles. The van der Waals surface area contributed by atoms with Gasteiger partial charge >= 0.3 is 0 Å². The third-order valence-corrected chi connectivity index (χ3v) is 7.59. The fraction of sp³-hybridized carbons (Fsp3) is 0.214. The number of hydrogen-bond acceptors (Lipinski definition) is 7. The van der Waals surface area contributed by atoms with Crippen LogP contribution >= 0.6 is 11.6 Å². The summed E-state index contributed by atoms with van der Waals surface area (Å²) in [7, 11) is 2.96. The van der Waals surface area contributed by atoms with Crippen LogP contribution in [-0.4, -0.2) is 43.2 Å². The second-order valence-corrected chi connectivity index (χ2v) is 9.52. The highest BCUT2D eigenvalue weighted by atomic mass is 35.5. The van der Waals surface area contributed by atoms with E-state index in [2.05, 4.69) is 0 Å². The summed E-state index contributed by atoms with van der Waals surface area (Å²) >= 11 is 6.01. The molecule has 0 bridgehead atoms. The van der Waals surface area contributed by atoms with Crippen LogP contribution in [0.2, 0.25) is 5.02 Å². The Hall–Kier alpha value is -4.01. The number of hydrogen-bond donors (Lipinski definition) is 0. The van der Waals surface area contributed by atoms with Gasteiger partial charge in [0.1, 0.15) is 0 Å². The molecule has 0 aromatic heterocycles. The van der Waals surface area contributed by atoms with Crippen molar-refractivity contribution in [2.24, 2.45) is 11.8 Å². The molecule has 2 heterocycles. The van der Waals surface area contributed by atoms with E-state index in [-0.39, 0.29) is 11.1 Å². The average molecular weight is 518 g/mol. The van der Waals surface area contributed by atoms with Crippen LogP contribution in [-0.2, 0) is 14.3 Å². The number of amides is 2. The normalized spacial score (nSPS) is 23.5. The first kappa shape index (κ1) is 23.4. The Morgan fingerprint density at radius 3 is 2.03 bits per heavy atom. The second-order valence-electron chi connectivity index (χ2n) is 9.08. The number of fused-ring (bicyclic) bond motifs is 3. The minimum Gasteiger partial charge on any atom is -0.493 e. The first-order valence-corrected chi connectivity index (χ1v) is 11.9. The number of ketones is 2. The van der Waals surface area contributed by atoms with Crippen molar-refractivity contribution in [3.05, 3.63) is 88.4 Å². The molecule has 2 fully saturated rings. The van der Waals surface area contributed by atoms with Crippen LogP contribution in [0.5, 0.6) is 11.5 Å². The quantitative estimate of drug-likeness (QED) is 0.380. The van der Waals surface area contributed by atoms with Gasteiger partial charge in [-0.25, -0.2) is 4.90 Å². The number of carbonyl (C=O) groups excluding carboxylic acids is 4. The summed E-state index contributed by atoms with van der Waals surface area (Å²) in [6.07, 6.45) is -1.07. The average Bonchev–Trinajstić information content (AvgIpc) is 3.49. The fourth-order valence-electron chi connectivity index (χ4n) is 5.69. The summed E-state index contributed by atoms with van der Waals surface area (Å²) in [5.74, 6) is -4.12. The molecule has 9 heteroatoms. The summed E-state index contributed by atoms with van der Waals surface area (Å²) in [6, 6.07) is 17.5. The molecule has 0 N–H and O–H groups in total. The molecule has 2 aliphatic heterocycles. The summed E-state index contributed by atoms with van der Waals surface area (Å²) in [6.45, 7) is 0. The van der Waals surface area contributed by atoms with Gasteiger partial charge in [0.2, 0.25) is 29.0 Å². The van der Waals surface area contributed by atoms with Crippen LogP contribution in [0.15, 0.2) is 66.7 Å². The Kier molecular flexibility index (Phi) is 5.22. The maximum Gasteiger partial charge on any atom is 0.241 e. The molecule has 2 saturated heterocycles. The topological polar surface area (TPSA) is 99.2 Å². The second kappa shape index (κ2) is 8.26. The highest BCUT2D eigenvalue weighted by molar-refractivity contribution is 6.37. The van der Waals surface area contributed by atoms with Crippen LogP contribution in [0.1, 0.15) is 32.4 Å². The molecule has 6 rings (SSSR count). The molecule has 2 amide bonds. The molecule has 0 radical (unpaired) electrons. The Labute approximate surface area is 216 Å². The highest BCUT2D eigenvalue weighted by Gasteiger charge is 2.74. The van der Waals surface area contributed by atoms with Gasteiger partial charge in [-0.15, -0.1) is 0 Å². The van der Waals surface area contributed by atoms with Gasteiger partial charge in [-0.1, -0.05) is 41.9 Å².